The van der Waals surface area contributed by atoms with Gasteiger partial charge in [-0.2, -0.15) is 0 Å². The molecule has 0 saturated heterocycles. The van der Waals surface area contributed by atoms with Gasteiger partial charge in [0, 0.05) is 14.1 Å². The first-order valence-corrected chi connectivity index (χ1v) is 8.41. The molecule has 27 heavy (non-hydrogen) atoms. The maximum absolute atomic E-state index is 12.3. The second kappa shape index (κ2) is 7.67. The van der Waals surface area contributed by atoms with Crippen LogP contribution in [0.3, 0.4) is 0 Å². The smallest absolute Gasteiger partial charge is 0.332 e. The van der Waals surface area contributed by atoms with E-state index < -0.39 is 17.2 Å². The lowest BCUT2D eigenvalue weighted by Crippen LogP contribution is -2.37. The molecule has 0 unspecified atom stereocenters. The summed E-state index contributed by atoms with van der Waals surface area (Å²) in [7, 11) is 2.87. The number of rotatable bonds is 6. The van der Waals surface area contributed by atoms with Crippen LogP contribution in [0.4, 0.5) is 0 Å². The van der Waals surface area contributed by atoms with E-state index in [1.807, 2.05) is 0 Å². The third kappa shape index (κ3) is 3.72. The summed E-state index contributed by atoms with van der Waals surface area (Å²) in [6, 6.07) is 6.97. The van der Waals surface area contributed by atoms with E-state index in [2.05, 4.69) is 4.98 Å². The van der Waals surface area contributed by atoms with E-state index in [9.17, 15) is 14.4 Å². The number of halogens is 1. The molecule has 2 aromatic heterocycles. The Kier molecular flexibility index (Phi) is 5.31. The van der Waals surface area contributed by atoms with E-state index in [1.165, 1.54) is 29.6 Å². The van der Waals surface area contributed by atoms with Gasteiger partial charge in [0.25, 0.3) is 5.56 Å². The molecule has 0 amide bonds. The summed E-state index contributed by atoms with van der Waals surface area (Å²) in [5.74, 6) is -0.0619. The first-order valence-electron chi connectivity index (χ1n) is 8.04. The number of hydrogen-bond donors (Lipinski definition) is 0. The third-order valence-corrected chi connectivity index (χ3v) is 4.27. The number of imidazole rings is 1. The summed E-state index contributed by atoms with van der Waals surface area (Å²) in [4.78, 5) is 40.3. The quantitative estimate of drug-likeness (QED) is 0.452. The molecule has 0 aliphatic rings. The van der Waals surface area contributed by atoms with Crippen molar-refractivity contribution in [1.82, 2.24) is 18.7 Å². The fourth-order valence-corrected chi connectivity index (χ4v) is 2.76. The summed E-state index contributed by atoms with van der Waals surface area (Å²) in [6.07, 6.45) is 1.33. The molecule has 9 nitrogen and oxygen atoms in total. The van der Waals surface area contributed by atoms with Gasteiger partial charge in [-0.15, -0.1) is 0 Å². The summed E-state index contributed by atoms with van der Waals surface area (Å²) in [5.41, 5.74) is -0.653. The van der Waals surface area contributed by atoms with E-state index in [0.29, 0.717) is 10.8 Å². The molecule has 0 N–H and O–H groups in total. The van der Waals surface area contributed by atoms with Gasteiger partial charge in [0.05, 0.1) is 11.3 Å². The number of ether oxygens (including phenoxy) is 2. The van der Waals surface area contributed by atoms with E-state index in [-0.39, 0.29) is 30.9 Å². The minimum Gasteiger partial charge on any atom is -0.488 e. The predicted octanol–water partition coefficient (Wildman–Crippen LogP) is 0.709. The number of esters is 1. The second-order valence-corrected chi connectivity index (χ2v) is 6.16. The molecular formula is C17H17ClN4O5. The van der Waals surface area contributed by atoms with Crippen LogP contribution >= 0.6 is 11.6 Å². The Labute approximate surface area is 158 Å². The van der Waals surface area contributed by atoms with Crippen molar-refractivity contribution in [3.05, 3.63) is 56.5 Å². The van der Waals surface area contributed by atoms with E-state index in [4.69, 9.17) is 21.1 Å². The van der Waals surface area contributed by atoms with Crippen molar-refractivity contribution in [3.8, 4) is 5.75 Å². The molecule has 142 valence electrons. The van der Waals surface area contributed by atoms with Crippen molar-refractivity contribution in [2.45, 2.75) is 6.54 Å². The van der Waals surface area contributed by atoms with Crippen LogP contribution in [0.25, 0.3) is 11.2 Å². The van der Waals surface area contributed by atoms with Gasteiger partial charge in [0.1, 0.15) is 25.5 Å². The Bertz CT molecular complexity index is 1110. The number of benzene rings is 1. The van der Waals surface area contributed by atoms with Crippen LogP contribution in [0.2, 0.25) is 5.02 Å². The molecule has 3 rings (SSSR count). The normalized spacial score (nSPS) is 10.9. The van der Waals surface area contributed by atoms with Gasteiger partial charge >= 0.3 is 11.7 Å². The predicted molar refractivity (Wildman–Crippen MR) is 98.1 cm³/mol. The topological polar surface area (TPSA) is 97.3 Å². The number of aryl methyl sites for hydroxylation is 1. The lowest BCUT2D eigenvalue weighted by Gasteiger charge is -2.09. The molecule has 3 aromatic rings. The summed E-state index contributed by atoms with van der Waals surface area (Å²) in [6.45, 7) is -0.0559. The highest BCUT2D eigenvalue weighted by molar-refractivity contribution is 6.32. The summed E-state index contributed by atoms with van der Waals surface area (Å²) in [5, 5.41) is 0.468. The van der Waals surface area contributed by atoms with Gasteiger partial charge < -0.3 is 14.0 Å². The fourth-order valence-electron chi connectivity index (χ4n) is 2.57. The van der Waals surface area contributed by atoms with Gasteiger partial charge in [-0.1, -0.05) is 23.7 Å². The van der Waals surface area contributed by atoms with Gasteiger partial charge in [-0.25, -0.2) is 9.78 Å². The molecule has 0 aliphatic carbocycles. The summed E-state index contributed by atoms with van der Waals surface area (Å²) < 4.78 is 14.1. The Morgan fingerprint density at radius 1 is 1.15 bits per heavy atom. The monoisotopic (exact) mass is 392 g/mol. The lowest BCUT2D eigenvalue weighted by molar-refractivity contribution is -0.145. The zero-order valence-electron chi connectivity index (χ0n) is 14.7. The first kappa shape index (κ1) is 18.7. The number of para-hydroxylation sites is 1. The first-order chi connectivity index (χ1) is 12.9. The Morgan fingerprint density at radius 3 is 2.63 bits per heavy atom. The molecule has 0 saturated carbocycles. The highest BCUT2D eigenvalue weighted by Gasteiger charge is 2.16. The van der Waals surface area contributed by atoms with Crippen molar-refractivity contribution in [2.75, 3.05) is 13.2 Å². The van der Waals surface area contributed by atoms with Crippen molar-refractivity contribution in [3.63, 3.8) is 0 Å². The molecule has 0 aliphatic heterocycles. The van der Waals surface area contributed by atoms with E-state index >= 15 is 0 Å². The van der Waals surface area contributed by atoms with Crippen LogP contribution in [-0.4, -0.2) is 37.9 Å². The minimum absolute atomic E-state index is 0.0210. The number of carbonyl (C=O) groups is 1. The zero-order chi connectivity index (χ0) is 19.6. The average Bonchev–Trinajstić information content (AvgIpc) is 3.06. The second-order valence-electron chi connectivity index (χ2n) is 5.75. The van der Waals surface area contributed by atoms with Gasteiger partial charge in [0.15, 0.2) is 11.2 Å². The molecule has 0 atom stereocenters. The largest absolute Gasteiger partial charge is 0.488 e. The molecule has 0 radical (unpaired) electrons. The van der Waals surface area contributed by atoms with Crippen molar-refractivity contribution in [2.24, 2.45) is 14.1 Å². The number of carbonyl (C=O) groups excluding carboxylic acids is 1. The number of fused-ring (bicyclic) bond motifs is 1. The zero-order valence-corrected chi connectivity index (χ0v) is 15.5. The van der Waals surface area contributed by atoms with Gasteiger partial charge in [0.2, 0.25) is 0 Å². The molecule has 2 heterocycles. The van der Waals surface area contributed by atoms with Crippen molar-refractivity contribution in [1.29, 1.82) is 0 Å². The SMILES string of the molecule is Cn1c(=O)c2c(ncn2CC(=O)OCCOc2ccccc2Cl)n(C)c1=O. The Balaban J connectivity index is 1.64. The van der Waals surface area contributed by atoms with Crippen LogP contribution in [0.5, 0.6) is 5.75 Å². The Hall–Kier alpha value is -3.07. The van der Waals surface area contributed by atoms with Crippen LogP contribution in [-0.2, 0) is 30.2 Å². The van der Waals surface area contributed by atoms with E-state index in [0.717, 1.165) is 4.57 Å². The molecule has 0 bridgehead atoms. The minimum atomic E-state index is -0.562. The highest BCUT2D eigenvalue weighted by Crippen LogP contribution is 2.22. The molecule has 0 fully saturated rings. The number of aromatic nitrogens is 4. The van der Waals surface area contributed by atoms with Crippen LogP contribution in [0.1, 0.15) is 0 Å². The average molecular weight is 393 g/mol. The number of nitrogens with zero attached hydrogens (tertiary/aromatic N) is 4. The van der Waals surface area contributed by atoms with Crippen LogP contribution in [0, 0.1) is 0 Å². The van der Waals surface area contributed by atoms with Crippen LogP contribution in [0.15, 0.2) is 40.2 Å². The van der Waals surface area contributed by atoms with Crippen LogP contribution < -0.4 is 16.0 Å². The fraction of sp³-hybridized carbons (Fsp3) is 0.294. The number of hydrogen-bond acceptors (Lipinski definition) is 6. The molecule has 1 aromatic carbocycles. The highest BCUT2D eigenvalue weighted by atomic mass is 35.5. The summed E-state index contributed by atoms with van der Waals surface area (Å²) >= 11 is 5.97. The third-order valence-electron chi connectivity index (χ3n) is 3.96. The van der Waals surface area contributed by atoms with E-state index in [1.54, 1.807) is 24.3 Å². The standard InChI is InChI=1S/C17H17ClN4O5/c1-20-15-14(16(24)21(2)17(20)25)22(10-19-15)9-13(23)27-8-7-26-12-6-4-3-5-11(12)18/h3-6,10H,7-9H2,1-2H3. The van der Waals surface area contributed by atoms with Crippen molar-refractivity contribution < 1.29 is 14.3 Å². The van der Waals surface area contributed by atoms with Crippen molar-refractivity contribution >= 4 is 28.7 Å². The molecule has 10 heteroatoms. The maximum atomic E-state index is 12.3. The van der Waals surface area contributed by atoms with Gasteiger partial charge in [-0.3, -0.25) is 18.7 Å². The molecule has 0 spiro atoms. The maximum Gasteiger partial charge on any atom is 0.332 e. The van der Waals surface area contributed by atoms with Gasteiger partial charge in [-0.05, 0) is 12.1 Å². The Morgan fingerprint density at radius 2 is 1.89 bits per heavy atom. The molecular weight excluding hydrogens is 376 g/mol. The lowest BCUT2D eigenvalue weighted by atomic mass is 10.3.